The molecule has 2 aromatic heterocycles. The van der Waals surface area contributed by atoms with E-state index in [9.17, 15) is 5.26 Å². The Hall–Kier alpha value is -10.1. The zero-order valence-corrected chi connectivity index (χ0v) is 58.1. The Morgan fingerprint density at radius 1 is 0.430 bits per heavy atom. The minimum Gasteiger partial charge on any atom is -0.469 e. The maximum absolute atomic E-state index is 18.4. The first-order valence-corrected chi connectivity index (χ1v) is 34.8. The van der Waals surface area contributed by atoms with E-state index in [2.05, 4.69) is 17.0 Å². The standard InChI is InChI=1S/C81H58B3F6N5O3S2/c1-37-18-60-69-61(19-37)95(74-55(89)29-43(30-56(74)90)81(10,11)12)59-35-65-50(84-71-66(96-65)21-39(3)23-68(71)100-76-46-31-44(92-13)15-17-64(46)98-78(76)84)33-48(59)82(69)47-32-49-58(34-57(47)93(60)72-51(85)25-41(26-52(72)86)79(4,5)6)94(73-53(87)27-42(28-54(73)88)80(7,8)9)62-20-38(2)22-67-70(62)83(49)77-75(99-67)45-24-40(36-91)14-16-63(45)97-77/h14-35H,1-12H3. The van der Waals surface area contributed by atoms with Crippen molar-refractivity contribution in [2.75, 3.05) is 14.7 Å². The van der Waals surface area contributed by atoms with Gasteiger partial charge in [-0.2, -0.15) is 5.26 Å². The third kappa shape index (κ3) is 8.86. The molecular weight excluding hydrogens is 1300 g/mol. The van der Waals surface area contributed by atoms with E-state index < -0.39 is 82.7 Å². The summed E-state index contributed by atoms with van der Waals surface area (Å²) >= 11 is 2.98. The number of aryl methyl sites for hydroxylation is 3. The van der Waals surface area contributed by atoms with Gasteiger partial charge in [0, 0.05) is 60.8 Å². The maximum Gasteiger partial charge on any atom is 0.298 e. The van der Waals surface area contributed by atoms with Crippen molar-refractivity contribution in [1.29, 1.82) is 5.26 Å². The van der Waals surface area contributed by atoms with Crippen LogP contribution in [0.2, 0.25) is 0 Å². The summed E-state index contributed by atoms with van der Waals surface area (Å²) in [4.78, 5) is 11.7. The number of rotatable bonds is 3. The first-order chi connectivity index (χ1) is 47.5. The number of fused-ring (bicyclic) bond motifs is 16. The molecule has 100 heavy (non-hydrogen) atoms. The van der Waals surface area contributed by atoms with Gasteiger partial charge in [0.15, 0.2) is 40.6 Å². The predicted molar refractivity (Wildman–Crippen MR) is 393 cm³/mol. The van der Waals surface area contributed by atoms with Crippen LogP contribution in [0.5, 0.6) is 11.5 Å². The molecule has 0 saturated carbocycles. The molecule has 0 unspecified atom stereocenters. The number of nitriles is 1. The van der Waals surface area contributed by atoms with Crippen molar-refractivity contribution in [2.45, 2.75) is 119 Å². The van der Waals surface area contributed by atoms with Gasteiger partial charge in [-0.15, -0.1) is 0 Å². The fourth-order valence-corrected chi connectivity index (χ4v) is 18.7. The van der Waals surface area contributed by atoms with Gasteiger partial charge in [-0.1, -0.05) is 104 Å². The molecule has 0 bridgehead atoms. The minimum atomic E-state index is -0.968. The predicted octanol–water partition coefficient (Wildman–Crippen LogP) is 17.2. The van der Waals surface area contributed by atoms with E-state index in [0.29, 0.717) is 123 Å². The molecular formula is C81H58B3F6N5O3S2. The Balaban J connectivity index is 0.999. The summed E-state index contributed by atoms with van der Waals surface area (Å²) in [6.07, 6.45) is 0. The molecule has 0 radical (unpaired) electrons. The highest BCUT2D eigenvalue weighted by atomic mass is 32.2. The van der Waals surface area contributed by atoms with Gasteiger partial charge in [0.2, 0.25) is 0 Å². The van der Waals surface area contributed by atoms with E-state index in [1.165, 1.54) is 64.8 Å². The zero-order chi connectivity index (χ0) is 69.7. The van der Waals surface area contributed by atoms with Gasteiger partial charge in [0.25, 0.3) is 20.1 Å². The highest BCUT2D eigenvalue weighted by Gasteiger charge is 2.53. The summed E-state index contributed by atoms with van der Waals surface area (Å²) in [6, 6.07) is 40.3. The molecule has 18 rings (SSSR count). The Bertz CT molecular complexity index is 5820. The molecule has 10 aromatic carbocycles. The number of benzene rings is 10. The molecule has 0 spiro atoms. The van der Waals surface area contributed by atoms with Crippen molar-refractivity contribution in [3.05, 3.63) is 219 Å². The Kier molecular flexibility index (Phi) is 13.1. The number of anilines is 9. The third-order valence-electron chi connectivity index (χ3n) is 20.7. The van der Waals surface area contributed by atoms with Crippen LogP contribution in [-0.4, -0.2) is 20.1 Å². The molecule has 0 saturated heterocycles. The molecule has 8 nitrogen and oxygen atoms in total. The minimum absolute atomic E-state index is 0.240. The summed E-state index contributed by atoms with van der Waals surface area (Å²) in [5.41, 5.74) is 9.22. The lowest BCUT2D eigenvalue weighted by atomic mass is 9.30. The summed E-state index contributed by atoms with van der Waals surface area (Å²) in [5.74, 6) is -4.30. The van der Waals surface area contributed by atoms with Crippen LogP contribution < -0.4 is 69.0 Å². The fraction of sp³-hybridized carbons (Fsp3) is 0.185. The molecule has 6 aliphatic heterocycles. The average Bonchev–Trinajstić information content (AvgIpc) is 1.58. The van der Waals surface area contributed by atoms with Gasteiger partial charge >= 0.3 is 0 Å². The quantitative estimate of drug-likeness (QED) is 0.0977. The molecule has 12 aromatic rings. The molecule has 0 amide bonds. The molecule has 19 heteroatoms. The second kappa shape index (κ2) is 21.0. The highest BCUT2D eigenvalue weighted by molar-refractivity contribution is 8.00. The zero-order valence-electron chi connectivity index (χ0n) is 56.5. The van der Waals surface area contributed by atoms with E-state index in [-0.39, 0.29) is 22.7 Å². The number of hydrogen-bond acceptors (Lipinski definition) is 9. The summed E-state index contributed by atoms with van der Waals surface area (Å²) < 4.78 is 130. The summed E-state index contributed by atoms with van der Waals surface area (Å²) in [7, 11) is 0. The van der Waals surface area contributed by atoms with E-state index in [4.69, 9.17) is 20.1 Å². The maximum atomic E-state index is 18.4. The van der Waals surface area contributed by atoms with Crippen molar-refractivity contribution in [3.8, 4) is 17.6 Å². The number of ether oxygens (including phenoxy) is 1. The SMILES string of the molecule is [C-]#[N+]c1ccc2oc3c(c2c1)Sc1cc(C)cc2c1B3c1cc3c(cc1O2)N(c1c(F)cc(C(C)(C)C)cc1F)c1cc(C)cc2c1B3c1cc3c(cc1N2c1c(F)cc(C(C)(C)C)cc1F)N(c1c(F)cc(C(C)(C)C)cc1F)c1cc(C)cc2c1B3c1oc3ccc(C#N)cc3c1S2. The lowest BCUT2D eigenvalue weighted by Crippen LogP contribution is -2.66. The number of nitrogens with zero attached hydrogens (tertiary/aromatic N) is 5. The second-order valence-corrected chi connectivity index (χ2v) is 32.5. The smallest absolute Gasteiger partial charge is 0.298 e. The van der Waals surface area contributed by atoms with Crippen LogP contribution >= 0.6 is 23.5 Å². The lowest BCUT2D eigenvalue weighted by molar-refractivity contribution is 0.485. The van der Waals surface area contributed by atoms with Gasteiger partial charge in [-0.3, -0.25) is 0 Å². The van der Waals surface area contributed by atoms with Crippen LogP contribution in [0.1, 0.15) is 101 Å². The van der Waals surface area contributed by atoms with Crippen LogP contribution in [0.3, 0.4) is 0 Å². The largest absolute Gasteiger partial charge is 0.469 e. The van der Waals surface area contributed by atoms with Crippen LogP contribution in [0, 0.1) is 73.6 Å². The van der Waals surface area contributed by atoms with Gasteiger partial charge in [0.05, 0.1) is 39.3 Å². The van der Waals surface area contributed by atoms with Crippen LogP contribution in [-0.2, 0) is 16.2 Å². The van der Waals surface area contributed by atoms with Gasteiger partial charge in [0.1, 0.15) is 39.7 Å². The van der Waals surface area contributed by atoms with E-state index in [1.807, 2.05) is 144 Å². The molecule has 8 heterocycles. The van der Waals surface area contributed by atoms with E-state index in [0.717, 1.165) is 41.6 Å². The molecule has 0 atom stereocenters. The van der Waals surface area contributed by atoms with Crippen molar-refractivity contribution in [3.63, 3.8) is 0 Å². The Morgan fingerprint density at radius 2 is 0.840 bits per heavy atom. The summed E-state index contributed by atoms with van der Waals surface area (Å²) in [6.45, 7) is 28.2. The molecule has 488 valence electrons. The number of hydrogen-bond donors (Lipinski definition) is 0. The molecule has 6 aliphatic rings. The average molecular weight is 1360 g/mol. The Labute approximate surface area is 583 Å². The lowest BCUT2D eigenvalue weighted by Gasteiger charge is -2.46. The Morgan fingerprint density at radius 3 is 1.32 bits per heavy atom. The van der Waals surface area contributed by atoms with Gasteiger partial charge < -0.3 is 28.3 Å². The first-order valence-electron chi connectivity index (χ1n) is 33.2. The monoisotopic (exact) mass is 1360 g/mol. The van der Waals surface area contributed by atoms with Crippen LogP contribution in [0.25, 0.3) is 26.8 Å². The molecule has 0 aliphatic carbocycles. The van der Waals surface area contributed by atoms with Crippen LogP contribution in [0.15, 0.2) is 162 Å². The number of furan rings is 2. The van der Waals surface area contributed by atoms with Crippen molar-refractivity contribution < 1.29 is 39.9 Å². The normalized spacial score (nSPS) is 14.4. The van der Waals surface area contributed by atoms with Crippen molar-refractivity contribution >= 4 is 172 Å². The number of halogens is 6. The first kappa shape index (κ1) is 62.2. The topological polar surface area (TPSA) is 73.4 Å². The van der Waals surface area contributed by atoms with E-state index in [1.54, 1.807) is 40.1 Å². The van der Waals surface area contributed by atoms with Gasteiger partial charge in [-0.25, -0.2) is 31.2 Å². The highest BCUT2D eigenvalue weighted by Crippen LogP contribution is 2.53. The van der Waals surface area contributed by atoms with Crippen molar-refractivity contribution in [2.24, 2.45) is 0 Å². The molecule has 0 fully saturated rings. The van der Waals surface area contributed by atoms with E-state index >= 15 is 26.3 Å². The van der Waals surface area contributed by atoms with Crippen LogP contribution in [0.4, 0.5) is 83.2 Å². The molecule has 0 N–H and O–H groups in total. The van der Waals surface area contributed by atoms with Crippen molar-refractivity contribution in [1.82, 2.24) is 0 Å². The fourth-order valence-electron chi connectivity index (χ4n) is 16.0. The third-order valence-corrected chi connectivity index (χ3v) is 23.1. The van der Waals surface area contributed by atoms with Gasteiger partial charge in [-0.05, 0) is 218 Å². The second-order valence-electron chi connectivity index (χ2n) is 30.4. The summed E-state index contributed by atoms with van der Waals surface area (Å²) in [5, 5.41) is 11.8.